The zero-order chi connectivity index (χ0) is 20.9. The third-order valence-corrected chi connectivity index (χ3v) is 4.66. The molecule has 2 rings (SSSR count). The van der Waals surface area contributed by atoms with Gasteiger partial charge in [-0.05, 0) is 37.1 Å². The van der Waals surface area contributed by atoms with E-state index in [0.29, 0.717) is 31.0 Å². The third-order valence-electron chi connectivity index (χ3n) is 4.66. The van der Waals surface area contributed by atoms with Gasteiger partial charge in [-0.3, -0.25) is 9.69 Å². The first-order chi connectivity index (χ1) is 14.2. The number of amides is 1. The molecule has 1 heterocycles. The van der Waals surface area contributed by atoms with Crippen molar-refractivity contribution in [2.75, 3.05) is 60.2 Å². The number of morpholine rings is 1. The molecule has 0 bridgehead atoms. The number of methoxy groups -OCH3 is 2. The predicted octanol–water partition coefficient (Wildman–Crippen LogP) is 1.08. The van der Waals surface area contributed by atoms with Crippen LogP contribution in [0, 0.1) is 11.3 Å². The van der Waals surface area contributed by atoms with Crippen LogP contribution in [0.1, 0.15) is 12.0 Å². The Bertz CT molecular complexity index is 724. The maximum Gasteiger partial charge on any atom is 0.263 e. The number of benzene rings is 1. The van der Waals surface area contributed by atoms with Crippen molar-refractivity contribution in [1.29, 1.82) is 5.26 Å². The van der Waals surface area contributed by atoms with Crippen LogP contribution >= 0.6 is 0 Å². The smallest absolute Gasteiger partial charge is 0.263 e. The van der Waals surface area contributed by atoms with Gasteiger partial charge in [-0.15, -0.1) is 0 Å². The van der Waals surface area contributed by atoms with Gasteiger partial charge in [-0.2, -0.15) is 5.26 Å². The molecule has 1 aromatic carbocycles. The highest BCUT2D eigenvalue weighted by Gasteiger charge is 2.10. The van der Waals surface area contributed by atoms with Crippen LogP contribution in [0.5, 0.6) is 11.5 Å². The number of carbonyl (C=O) groups is 1. The minimum atomic E-state index is -0.381. The molecule has 0 aromatic heterocycles. The summed E-state index contributed by atoms with van der Waals surface area (Å²) in [5.74, 6) is 0.929. The lowest BCUT2D eigenvalue weighted by Gasteiger charge is -2.26. The van der Waals surface area contributed by atoms with Crippen LogP contribution in [0.25, 0.3) is 0 Å². The van der Waals surface area contributed by atoms with Crippen LogP contribution in [0.2, 0.25) is 0 Å². The number of rotatable bonds is 11. The van der Waals surface area contributed by atoms with Gasteiger partial charge in [0.05, 0.1) is 27.4 Å². The summed E-state index contributed by atoms with van der Waals surface area (Å²) in [5, 5.41) is 15.1. The van der Waals surface area contributed by atoms with Crippen LogP contribution in [0.15, 0.2) is 30.0 Å². The zero-order valence-corrected chi connectivity index (χ0v) is 17.2. The number of ether oxygens (including phenoxy) is 3. The summed E-state index contributed by atoms with van der Waals surface area (Å²) in [7, 11) is 3.17. The SMILES string of the molecule is COc1ccc(CCNC(=O)/C(C#N)=C\NCCCN2CCOCC2)cc1OC. The Labute approximate surface area is 172 Å². The predicted molar refractivity (Wildman–Crippen MR) is 110 cm³/mol. The van der Waals surface area contributed by atoms with E-state index in [1.165, 1.54) is 6.20 Å². The third kappa shape index (κ3) is 7.64. The topological polar surface area (TPSA) is 95.8 Å². The van der Waals surface area contributed by atoms with Crippen molar-refractivity contribution in [3.63, 3.8) is 0 Å². The highest BCUT2D eigenvalue weighted by Crippen LogP contribution is 2.27. The van der Waals surface area contributed by atoms with E-state index in [0.717, 1.165) is 44.8 Å². The van der Waals surface area contributed by atoms with E-state index >= 15 is 0 Å². The molecule has 1 saturated heterocycles. The Morgan fingerprint density at radius 3 is 2.69 bits per heavy atom. The van der Waals surface area contributed by atoms with Crippen molar-refractivity contribution in [3.05, 3.63) is 35.5 Å². The maximum absolute atomic E-state index is 12.2. The van der Waals surface area contributed by atoms with Crippen LogP contribution in [0.4, 0.5) is 0 Å². The number of nitriles is 1. The Kier molecular flexibility index (Phi) is 9.83. The summed E-state index contributed by atoms with van der Waals surface area (Å²) in [5.41, 5.74) is 1.08. The van der Waals surface area contributed by atoms with Gasteiger partial charge in [0.1, 0.15) is 11.6 Å². The molecule has 0 saturated carbocycles. The minimum absolute atomic E-state index is 0.0729. The largest absolute Gasteiger partial charge is 0.493 e. The normalized spacial score (nSPS) is 14.7. The van der Waals surface area contributed by atoms with E-state index in [-0.39, 0.29) is 11.5 Å². The van der Waals surface area contributed by atoms with Crippen LogP contribution < -0.4 is 20.1 Å². The number of nitrogens with zero attached hydrogens (tertiary/aromatic N) is 2. The van der Waals surface area contributed by atoms with Gasteiger partial charge in [0.2, 0.25) is 0 Å². The van der Waals surface area contributed by atoms with Gasteiger partial charge in [0.25, 0.3) is 5.91 Å². The summed E-state index contributed by atoms with van der Waals surface area (Å²) >= 11 is 0. The van der Waals surface area contributed by atoms with E-state index in [1.54, 1.807) is 14.2 Å². The first-order valence-corrected chi connectivity index (χ1v) is 9.80. The van der Waals surface area contributed by atoms with Crippen molar-refractivity contribution >= 4 is 5.91 Å². The molecular formula is C21H30N4O4. The van der Waals surface area contributed by atoms with Crippen molar-refractivity contribution in [2.24, 2.45) is 0 Å². The minimum Gasteiger partial charge on any atom is -0.493 e. The van der Waals surface area contributed by atoms with E-state index in [4.69, 9.17) is 14.2 Å². The number of carbonyl (C=O) groups excluding carboxylic acids is 1. The summed E-state index contributed by atoms with van der Waals surface area (Å²) in [4.78, 5) is 14.5. The maximum atomic E-state index is 12.2. The molecule has 2 N–H and O–H groups in total. The van der Waals surface area contributed by atoms with Crippen LogP contribution in [0.3, 0.4) is 0 Å². The monoisotopic (exact) mass is 402 g/mol. The lowest BCUT2D eigenvalue weighted by atomic mass is 10.1. The molecule has 0 atom stereocenters. The van der Waals surface area contributed by atoms with Crippen molar-refractivity contribution in [1.82, 2.24) is 15.5 Å². The summed E-state index contributed by atoms with van der Waals surface area (Å²) < 4.78 is 15.8. The molecule has 158 valence electrons. The fourth-order valence-electron chi connectivity index (χ4n) is 3.00. The molecule has 8 nitrogen and oxygen atoms in total. The van der Waals surface area contributed by atoms with E-state index in [9.17, 15) is 10.1 Å². The molecule has 0 aliphatic carbocycles. The van der Waals surface area contributed by atoms with Gasteiger partial charge >= 0.3 is 0 Å². The number of nitrogens with one attached hydrogen (secondary N) is 2. The van der Waals surface area contributed by atoms with Gasteiger partial charge in [0.15, 0.2) is 11.5 Å². The van der Waals surface area contributed by atoms with Gasteiger partial charge in [-0.25, -0.2) is 0 Å². The molecular weight excluding hydrogens is 372 g/mol. The average molecular weight is 402 g/mol. The van der Waals surface area contributed by atoms with E-state index < -0.39 is 0 Å². The number of hydrogen-bond acceptors (Lipinski definition) is 7. The summed E-state index contributed by atoms with van der Waals surface area (Å²) in [6.45, 7) is 5.60. The lowest BCUT2D eigenvalue weighted by molar-refractivity contribution is -0.117. The Balaban J connectivity index is 1.70. The second kappa shape index (κ2) is 12.6. The second-order valence-electron chi connectivity index (χ2n) is 6.63. The molecule has 1 fully saturated rings. The Morgan fingerprint density at radius 2 is 2.00 bits per heavy atom. The molecule has 1 aliphatic rings. The molecule has 8 heteroatoms. The standard InChI is InChI=1S/C21H30N4O4/c1-27-19-5-4-17(14-20(19)28-2)6-8-24-21(26)18(15-22)16-23-7-3-9-25-10-12-29-13-11-25/h4-5,14,16,23H,3,6-13H2,1-2H3,(H,24,26)/b18-16-. The van der Waals surface area contributed by atoms with E-state index in [1.807, 2.05) is 24.3 Å². The first-order valence-electron chi connectivity index (χ1n) is 9.80. The lowest BCUT2D eigenvalue weighted by Crippen LogP contribution is -2.37. The van der Waals surface area contributed by atoms with Gasteiger partial charge < -0.3 is 24.8 Å². The van der Waals surface area contributed by atoms with Gasteiger partial charge in [-0.1, -0.05) is 6.07 Å². The molecule has 1 aromatic rings. The Hall–Kier alpha value is -2.76. The first kappa shape index (κ1) is 22.5. The molecule has 29 heavy (non-hydrogen) atoms. The summed E-state index contributed by atoms with van der Waals surface area (Å²) in [6, 6.07) is 7.58. The highest BCUT2D eigenvalue weighted by atomic mass is 16.5. The fraction of sp³-hybridized carbons (Fsp3) is 0.524. The average Bonchev–Trinajstić information content (AvgIpc) is 2.76. The second-order valence-corrected chi connectivity index (χ2v) is 6.63. The fourth-order valence-corrected chi connectivity index (χ4v) is 3.00. The Morgan fingerprint density at radius 1 is 1.24 bits per heavy atom. The molecule has 0 radical (unpaired) electrons. The molecule has 0 unspecified atom stereocenters. The number of hydrogen-bond donors (Lipinski definition) is 2. The summed E-state index contributed by atoms with van der Waals surface area (Å²) in [6.07, 6.45) is 3.05. The molecule has 1 aliphatic heterocycles. The van der Waals surface area contributed by atoms with Crippen LogP contribution in [-0.2, 0) is 16.0 Å². The van der Waals surface area contributed by atoms with Crippen LogP contribution in [-0.4, -0.2) is 71.0 Å². The molecule has 1 amide bonds. The van der Waals surface area contributed by atoms with Crippen molar-refractivity contribution in [2.45, 2.75) is 12.8 Å². The quantitative estimate of drug-likeness (QED) is 0.325. The highest BCUT2D eigenvalue weighted by molar-refractivity contribution is 5.97. The zero-order valence-electron chi connectivity index (χ0n) is 17.2. The van der Waals surface area contributed by atoms with Crippen molar-refractivity contribution < 1.29 is 19.0 Å². The van der Waals surface area contributed by atoms with Crippen molar-refractivity contribution in [3.8, 4) is 17.6 Å². The van der Waals surface area contributed by atoms with Gasteiger partial charge in [0, 0.05) is 32.4 Å². The molecule has 0 spiro atoms. The van der Waals surface area contributed by atoms with E-state index in [2.05, 4.69) is 15.5 Å².